The summed E-state index contributed by atoms with van der Waals surface area (Å²) in [6.45, 7) is 0.375. The first-order chi connectivity index (χ1) is 10.0. The van der Waals surface area contributed by atoms with E-state index in [0.717, 1.165) is 12.8 Å². The maximum atomic E-state index is 12.3. The van der Waals surface area contributed by atoms with E-state index in [0.29, 0.717) is 16.1 Å². The van der Waals surface area contributed by atoms with Gasteiger partial charge in [-0.15, -0.1) is 0 Å². The number of aromatic nitrogens is 1. The van der Waals surface area contributed by atoms with Crippen LogP contribution in [0.5, 0.6) is 0 Å². The molecule has 1 unspecified atom stereocenters. The minimum absolute atomic E-state index is 0.185. The Labute approximate surface area is 128 Å². The average Bonchev–Trinajstić information content (AvgIpc) is 2.74. The molecule has 21 heavy (non-hydrogen) atoms. The van der Waals surface area contributed by atoms with E-state index in [1.807, 2.05) is 0 Å². The third kappa shape index (κ3) is 4.05. The van der Waals surface area contributed by atoms with E-state index in [4.69, 9.17) is 10.5 Å². The van der Waals surface area contributed by atoms with Gasteiger partial charge in [-0.2, -0.15) is 0 Å². The van der Waals surface area contributed by atoms with E-state index in [-0.39, 0.29) is 24.9 Å². The van der Waals surface area contributed by atoms with Crippen LogP contribution in [0.4, 0.5) is 10.9 Å². The lowest BCUT2D eigenvalue weighted by atomic mass is 9.93. The second-order valence-electron chi connectivity index (χ2n) is 5.30. The molecule has 1 aromatic heterocycles. The molecular formula is C13H22N4O3S. The number of carbonyl (C=O) groups is 1. The summed E-state index contributed by atoms with van der Waals surface area (Å²) < 4.78 is 4.85. The average molecular weight is 314 g/mol. The zero-order chi connectivity index (χ0) is 15.4. The molecule has 0 spiro atoms. The number of rotatable bonds is 7. The Hall–Kier alpha value is -1.38. The van der Waals surface area contributed by atoms with Gasteiger partial charge in [0.05, 0.1) is 12.7 Å². The van der Waals surface area contributed by atoms with Crippen molar-refractivity contribution in [3.8, 4) is 0 Å². The molecule has 0 bridgehead atoms. The summed E-state index contributed by atoms with van der Waals surface area (Å²) in [7, 11) is 3.13. The van der Waals surface area contributed by atoms with E-state index in [9.17, 15) is 9.90 Å². The second kappa shape index (κ2) is 7.06. The van der Waals surface area contributed by atoms with Crippen molar-refractivity contribution in [2.45, 2.75) is 31.4 Å². The third-order valence-electron chi connectivity index (χ3n) is 3.47. The number of hydrogen-bond acceptors (Lipinski definition) is 7. The number of nitrogen functional groups attached to an aromatic ring is 1. The summed E-state index contributed by atoms with van der Waals surface area (Å²) >= 11 is 1.26. The van der Waals surface area contributed by atoms with Crippen molar-refractivity contribution in [1.29, 1.82) is 0 Å². The van der Waals surface area contributed by atoms with Crippen LogP contribution >= 0.6 is 11.3 Å². The molecule has 7 nitrogen and oxygen atoms in total. The van der Waals surface area contributed by atoms with Crippen molar-refractivity contribution in [3.05, 3.63) is 4.88 Å². The van der Waals surface area contributed by atoms with Crippen LogP contribution < -0.4 is 11.1 Å². The number of ether oxygens (including phenoxy) is 1. The molecule has 1 atom stereocenters. The zero-order valence-corrected chi connectivity index (χ0v) is 13.2. The highest BCUT2D eigenvalue weighted by Gasteiger charge is 2.24. The van der Waals surface area contributed by atoms with Gasteiger partial charge < -0.3 is 25.8 Å². The van der Waals surface area contributed by atoms with Gasteiger partial charge in [-0.1, -0.05) is 11.3 Å². The molecule has 1 aliphatic carbocycles. The normalized spacial score (nSPS) is 16.3. The van der Waals surface area contributed by atoms with Gasteiger partial charge in [-0.25, -0.2) is 4.98 Å². The van der Waals surface area contributed by atoms with Crippen LogP contribution in [0, 0.1) is 0 Å². The topological polar surface area (TPSA) is 101 Å². The first-order valence-corrected chi connectivity index (χ1v) is 7.78. The van der Waals surface area contributed by atoms with Crippen molar-refractivity contribution in [2.75, 3.05) is 38.4 Å². The van der Waals surface area contributed by atoms with E-state index in [1.54, 1.807) is 7.05 Å². The highest BCUT2D eigenvalue weighted by atomic mass is 32.1. The first-order valence-electron chi connectivity index (χ1n) is 6.96. The number of amides is 1. The number of nitrogens with two attached hydrogens (primary N) is 1. The fourth-order valence-electron chi connectivity index (χ4n) is 2.09. The molecule has 2 rings (SSSR count). The number of aliphatic hydroxyl groups excluding tert-OH is 1. The van der Waals surface area contributed by atoms with Gasteiger partial charge in [-0.3, -0.25) is 4.79 Å². The molecule has 4 N–H and O–H groups in total. The smallest absolute Gasteiger partial charge is 0.267 e. The number of aliphatic hydroxyl groups is 1. The molecule has 0 aromatic carbocycles. The van der Waals surface area contributed by atoms with Crippen LogP contribution in [-0.4, -0.2) is 60.4 Å². The maximum Gasteiger partial charge on any atom is 0.267 e. The number of hydrogen-bond donors (Lipinski definition) is 3. The SMILES string of the molecule is COCC(O)CN(C)C(=O)c1sc(NC2CCC2)nc1N. The summed E-state index contributed by atoms with van der Waals surface area (Å²) in [5.41, 5.74) is 5.83. The van der Waals surface area contributed by atoms with Crippen molar-refractivity contribution in [1.82, 2.24) is 9.88 Å². The summed E-state index contributed by atoms with van der Waals surface area (Å²) in [5.74, 6) is 0.00159. The number of thiazole rings is 1. The monoisotopic (exact) mass is 314 g/mol. The van der Waals surface area contributed by atoms with Crippen molar-refractivity contribution in [3.63, 3.8) is 0 Å². The lowest BCUT2D eigenvalue weighted by Crippen LogP contribution is -2.36. The Morgan fingerprint density at radius 1 is 1.67 bits per heavy atom. The number of methoxy groups -OCH3 is 1. The Bertz CT molecular complexity index is 490. The summed E-state index contributed by atoms with van der Waals surface area (Å²) in [6.07, 6.45) is 2.77. The summed E-state index contributed by atoms with van der Waals surface area (Å²) in [6, 6.07) is 0.444. The quantitative estimate of drug-likeness (QED) is 0.687. The van der Waals surface area contributed by atoms with Gasteiger partial charge in [0.1, 0.15) is 10.7 Å². The predicted octanol–water partition coefficient (Wildman–Crippen LogP) is 0.769. The van der Waals surface area contributed by atoms with Gasteiger partial charge in [0.2, 0.25) is 0 Å². The van der Waals surface area contributed by atoms with Crippen molar-refractivity contribution in [2.24, 2.45) is 0 Å². The van der Waals surface area contributed by atoms with Gasteiger partial charge in [-0.05, 0) is 19.3 Å². The van der Waals surface area contributed by atoms with Gasteiger partial charge >= 0.3 is 0 Å². The predicted molar refractivity (Wildman–Crippen MR) is 82.6 cm³/mol. The number of nitrogens with zero attached hydrogens (tertiary/aromatic N) is 2. The van der Waals surface area contributed by atoms with Crippen LogP contribution in [0.1, 0.15) is 28.9 Å². The molecule has 1 amide bonds. The summed E-state index contributed by atoms with van der Waals surface area (Å²) in [5, 5.41) is 13.6. The standard InChI is InChI=1S/C13H22N4O3S/c1-17(6-9(18)7-20-2)12(19)10-11(14)16-13(21-10)15-8-4-3-5-8/h8-9,18H,3-7,14H2,1-2H3,(H,15,16). The number of anilines is 2. The molecule has 0 radical (unpaired) electrons. The minimum atomic E-state index is -0.717. The molecule has 118 valence electrons. The van der Waals surface area contributed by atoms with Crippen LogP contribution in [0.3, 0.4) is 0 Å². The summed E-state index contributed by atoms with van der Waals surface area (Å²) in [4.78, 5) is 18.4. The van der Waals surface area contributed by atoms with Crippen LogP contribution in [0.2, 0.25) is 0 Å². The number of nitrogens with one attached hydrogen (secondary N) is 1. The molecule has 0 aliphatic heterocycles. The lowest BCUT2D eigenvalue weighted by Gasteiger charge is -2.25. The molecular weight excluding hydrogens is 292 g/mol. The Morgan fingerprint density at radius 3 is 2.95 bits per heavy atom. The molecule has 1 heterocycles. The van der Waals surface area contributed by atoms with Gasteiger partial charge in [0.25, 0.3) is 5.91 Å². The molecule has 0 saturated heterocycles. The highest BCUT2D eigenvalue weighted by molar-refractivity contribution is 7.18. The second-order valence-corrected chi connectivity index (χ2v) is 6.30. The van der Waals surface area contributed by atoms with Crippen molar-refractivity contribution >= 4 is 28.2 Å². The largest absolute Gasteiger partial charge is 0.389 e. The molecule has 1 saturated carbocycles. The molecule has 1 aliphatic rings. The minimum Gasteiger partial charge on any atom is -0.389 e. The first kappa shape index (κ1) is 16.0. The highest BCUT2D eigenvalue weighted by Crippen LogP contribution is 2.30. The van der Waals surface area contributed by atoms with Crippen LogP contribution in [-0.2, 0) is 4.74 Å². The van der Waals surface area contributed by atoms with E-state index in [2.05, 4.69) is 10.3 Å². The lowest BCUT2D eigenvalue weighted by molar-refractivity contribution is 0.0382. The maximum absolute atomic E-state index is 12.3. The molecule has 8 heteroatoms. The third-order valence-corrected chi connectivity index (χ3v) is 4.46. The van der Waals surface area contributed by atoms with Crippen LogP contribution in [0.15, 0.2) is 0 Å². The molecule has 1 fully saturated rings. The fraction of sp³-hybridized carbons (Fsp3) is 0.692. The number of carbonyl (C=O) groups excluding carboxylic acids is 1. The van der Waals surface area contributed by atoms with Crippen LogP contribution in [0.25, 0.3) is 0 Å². The molecule has 1 aromatic rings. The van der Waals surface area contributed by atoms with E-state index >= 15 is 0 Å². The van der Waals surface area contributed by atoms with Gasteiger partial charge in [0, 0.05) is 26.7 Å². The van der Waals surface area contributed by atoms with E-state index < -0.39 is 6.10 Å². The Kier molecular flexibility index (Phi) is 5.38. The zero-order valence-electron chi connectivity index (χ0n) is 12.3. The number of likely N-dealkylation sites (N-methyl/N-ethyl adjacent to an activating group) is 1. The van der Waals surface area contributed by atoms with Crippen molar-refractivity contribution < 1.29 is 14.6 Å². The fourth-order valence-corrected chi connectivity index (χ4v) is 3.05. The Morgan fingerprint density at radius 2 is 2.38 bits per heavy atom. The Balaban J connectivity index is 1.97. The van der Waals surface area contributed by atoms with Gasteiger partial charge in [0.15, 0.2) is 5.13 Å². The van der Waals surface area contributed by atoms with E-state index in [1.165, 1.54) is 29.8 Å².